The standard InChI is InChI=1S/C22H36N2O2/c1-6-17(4)19-11-13-20(14-12-19)22(16(2)3)24-21(26)10-8-7-9-15-23-18(5)25/h11-14,16-17,22H,6-10,15H2,1-5H3,(H,23,25)(H,24,26). The van der Waals surface area contributed by atoms with Crippen molar-refractivity contribution in [1.29, 1.82) is 0 Å². The van der Waals surface area contributed by atoms with Gasteiger partial charge in [-0.1, -0.05) is 58.4 Å². The zero-order valence-electron chi connectivity index (χ0n) is 17.1. The highest BCUT2D eigenvalue weighted by atomic mass is 16.2. The summed E-state index contributed by atoms with van der Waals surface area (Å²) in [4.78, 5) is 23.1. The average Bonchev–Trinajstić information content (AvgIpc) is 2.61. The van der Waals surface area contributed by atoms with Gasteiger partial charge in [-0.2, -0.15) is 0 Å². The lowest BCUT2D eigenvalue weighted by molar-refractivity contribution is -0.122. The molecule has 146 valence electrons. The molecule has 1 rings (SSSR count). The van der Waals surface area contributed by atoms with Crippen molar-refractivity contribution in [2.24, 2.45) is 5.92 Å². The number of carbonyl (C=O) groups is 2. The van der Waals surface area contributed by atoms with Gasteiger partial charge in [0.2, 0.25) is 11.8 Å². The predicted octanol–water partition coefficient (Wildman–Crippen LogP) is 4.71. The first-order chi connectivity index (χ1) is 12.3. The summed E-state index contributed by atoms with van der Waals surface area (Å²) in [6, 6.07) is 8.73. The van der Waals surface area contributed by atoms with Crippen molar-refractivity contribution in [3.63, 3.8) is 0 Å². The molecule has 4 heteroatoms. The Morgan fingerprint density at radius 2 is 1.58 bits per heavy atom. The number of hydrogen-bond donors (Lipinski definition) is 2. The molecule has 4 nitrogen and oxygen atoms in total. The van der Waals surface area contributed by atoms with Crippen LogP contribution in [0.4, 0.5) is 0 Å². The van der Waals surface area contributed by atoms with E-state index >= 15 is 0 Å². The van der Waals surface area contributed by atoms with Gasteiger partial charge in [-0.25, -0.2) is 0 Å². The molecule has 0 aliphatic rings. The van der Waals surface area contributed by atoms with Crippen molar-refractivity contribution in [2.45, 2.75) is 78.7 Å². The number of amides is 2. The summed E-state index contributed by atoms with van der Waals surface area (Å²) < 4.78 is 0. The maximum atomic E-state index is 12.3. The van der Waals surface area contributed by atoms with Crippen molar-refractivity contribution in [3.8, 4) is 0 Å². The van der Waals surface area contributed by atoms with Gasteiger partial charge in [0.25, 0.3) is 0 Å². The van der Waals surface area contributed by atoms with Crippen LogP contribution in [0.25, 0.3) is 0 Å². The number of hydrogen-bond acceptors (Lipinski definition) is 2. The molecule has 0 heterocycles. The summed E-state index contributed by atoms with van der Waals surface area (Å²) in [7, 11) is 0. The second-order valence-corrected chi connectivity index (χ2v) is 7.56. The van der Waals surface area contributed by atoms with Crippen LogP contribution in [0.2, 0.25) is 0 Å². The highest BCUT2D eigenvalue weighted by Crippen LogP contribution is 2.25. The lowest BCUT2D eigenvalue weighted by atomic mass is 9.92. The Hall–Kier alpha value is -1.84. The summed E-state index contributed by atoms with van der Waals surface area (Å²) in [6.07, 6.45) is 4.38. The Morgan fingerprint density at radius 3 is 2.12 bits per heavy atom. The van der Waals surface area contributed by atoms with E-state index in [1.54, 1.807) is 0 Å². The molecule has 26 heavy (non-hydrogen) atoms. The molecule has 2 N–H and O–H groups in total. The minimum Gasteiger partial charge on any atom is -0.356 e. The van der Waals surface area contributed by atoms with Crippen molar-refractivity contribution in [1.82, 2.24) is 10.6 Å². The number of benzene rings is 1. The van der Waals surface area contributed by atoms with Crippen molar-refractivity contribution in [3.05, 3.63) is 35.4 Å². The van der Waals surface area contributed by atoms with Crippen LogP contribution in [0.15, 0.2) is 24.3 Å². The van der Waals surface area contributed by atoms with Gasteiger partial charge in [-0.15, -0.1) is 0 Å². The summed E-state index contributed by atoms with van der Waals surface area (Å²) in [5.74, 6) is 1.01. The quantitative estimate of drug-likeness (QED) is 0.562. The lowest BCUT2D eigenvalue weighted by Crippen LogP contribution is -2.31. The molecule has 0 fully saturated rings. The molecule has 2 atom stereocenters. The Bertz CT molecular complexity index is 552. The number of nitrogens with one attached hydrogen (secondary N) is 2. The van der Waals surface area contributed by atoms with E-state index in [1.165, 1.54) is 18.1 Å². The second-order valence-electron chi connectivity index (χ2n) is 7.56. The van der Waals surface area contributed by atoms with Crippen LogP contribution in [-0.4, -0.2) is 18.4 Å². The SMILES string of the molecule is CCC(C)c1ccc(C(NC(=O)CCCCCNC(C)=O)C(C)C)cc1. The van der Waals surface area contributed by atoms with Crippen LogP contribution in [-0.2, 0) is 9.59 Å². The molecule has 0 saturated heterocycles. The van der Waals surface area contributed by atoms with Crippen LogP contribution in [0.5, 0.6) is 0 Å². The van der Waals surface area contributed by atoms with Gasteiger partial charge in [-0.05, 0) is 42.2 Å². The van der Waals surface area contributed by atoms with Gasteiger partial charge in [0.05, 0.1) is 6.04 Å². The molecule has 0 aromatic heterocycles. The van der Waals surface area contributed by atoms with E-state index in [4.69, 9.17) is 0 Å². The van der Waals surface area contributed by atoms with Gasteiger partial charge in [0.15, 0.2) is 0 Å². The molecule has 0 aliphatic heterocycles. The molecule has 0 aliphatic carbocycles. The van der Waals surface area contributed by atoms with Crippen LogP contribution in [0.1, 0.15) is 89.8 Å². The van der Waals surface area contributed by atoms with E-state index in [1.807, 2.05) is 0 Å². The second kappa shape index (κ2) is 11.7. The topological polar surface area (TPSA) is 58.2 Å². The van der Waals surface area contributed by atoms with Crippen LogP contribution in [0.3, 0.4) is 0 Å². The molecular formula is C22H36N2O2. The summed E-state index contributed by atoms with van der Waals surface area (Å²) in [5, 5.41) is 5.98. The fourth-order valence-electron chi connectivity index (χ4n) is 3.00. The van der Waals surface area contributed by atoms with Gasteiger partial charge in [0.1, 0.15) is 0 Å². The third kappa shape index (κ3) is 8.03. The Morgan fingerprint density at radius 1 is 0.962 bits per heavy atom. The zero-order chi connectivity index (χ0) is 19.5. The van der Waals surface area contributed by atoms with E-state index in [9.17, 15) is 9.59 Å². The highest BCUT2D eigenvalue weighted by Gasteiger charge is 2.18. The molecule has 0 spiro atoms. The van der Waals surface area contributed by atoms with E-state index in [-0.39, 0.29) is 17.9 Å². The van der Waals surface area contributed by atoms with E-state index < -0.39 is 0 Å². The number of unbranched alkanes of at least 4 members (excludes halogenated alkanes) is 2. The predicted molar refractivity (Wildman–Crippen MR) is 108 cm³/mol. The molecule has 2 unspecified atom stereocenters. The molecular weight excluding hydrogens is 324 g/mol. The first kappa shape index (κ1) is 22.2. The highest BCUT2D eigenvalue weighted by molar-refractivity contribution is 5.76. The Kier molecular flexibility index (Phi) is 10.0. The summed E-state index contributed by atoms with van der Waals surface area (Å²) >= 11 is 0. The first-order valence-electron chi connectivity index (χ1n) is 9.98. The largest absolute Gasteiger partial charge is 0.356 e. The van der Waals surface area contributed by atoms with E-state index in [0.717, 1.165) is 25.7 Å². The minimum atomic E-state index is 0.00173. The molecule has 0 saturated carbocycles. The molecule has 1 aromatic rings. The fourth-order valence-corrected chi connectivity index (χ4v) is 3.00. The third-order valence-electron chi connectivity index (χ3n) is 4.91. The van der Waals surface area contributed by atoms with Crippen molar-refractivity contribution < 1.29 is 9.59 Å². The van der Waals surface area contributed by atoms with Crippen LogP contribution < -0.4 is 10.6 Å². The van der Waals surface area contributed by atoms with E-state index in [0.29, 0.717) is 24.8 Å². The van der Waals surface area contributed by atoms with Gasteiger partial charge in [-0.3, -0.25) is 9.59 Å². The smallest absolute Gasteiger partial charge is 0.220 e. The molecule has 2 amide bonds. The maximum Gasteiger partial charge on any atom is 0.220 e. The van der Waals surface area contributed by atoms with Crippen LogP contribution in [0, 0.1) is 5.92 Å². The molecule has 0 radical (unpaired) electrons. The monoisotopic (exact) mass is 360 g/mol. The number of carbonyl (C=O) groups excluding carboxylic acids is 2. The Balaban J connectivity index is 2.49. The summed E-state index contributed by atoms with van der Waals surface area (Å²) in [5.41, 5.74) is 2.52. The lowest BCUT2D eigenvalue weighted by Gasteiger charge is -2.23. The maximum absolute atomic E-state index is 12.3. The van der Waals surface area contributed by atoms with E-state index in [2.05, 4.69) is 62.6 Å². The van der Waals surface area contributed by atoms with Crippen LogP contribution >= 0.6 is 0 Å². The molecule has 1 aromatic carbocycles. The average molecular weight is 361 g/mol. The molecule has 0 bridgehead atoms. The fraction of sp³-hybridized carbons (Fsp3) is 0.636. The third-order valence-corrected chi connectivity index (χ3v) is 4.91. The summed E-state index contributed by atoms with van der Waals surface area (Å²) in [6.45, 7) is 10.9. The van der Waals surface area contributed by atoms with Crippen molar-refractivity contribution >= 4 is 11.8 Å². The van der Waals surface area contributed by atoms with Gasteiger partial charge >= 0.3 is 0 Å². The zero-order valence-corrected chi connectivity index (χ0v) is 17.1. The minimum absolute atomic E-state index is 0.00173. The van der Waals surface area contributed by atoms with Gasteiger partial charge in [0, 0.05) is 19.9 Å². The number of rotatable bonds is 11. The van der Waals surface area contributed by atoms with Crippen molar-refractivity contribution in [2.75, 3.05) is 6.54 Å². The normalized spacial score (nSPS) is 13.3. The Labute approximate surface area is 159 Å². The first-order valence-corrected chi connectivity index (χ1v) is 9.98. The van der Waals surface area contributed by atoms with Gasteiger partial charge < -0.3 is 10.6 Å².